The molecule has 68 heavy (non-hydrogen) atoms. The third kappa shape index (κ3) is 9.51. The fourth-order valence-corrected chi connectivity index (χ4v) is 12.2. The molecule has 0 unspecified atom stereocenters. The number of H-pyrrole nitrogens is 1. The number of fused-ring (bicyclic) bond motifs is 1. The van der Waals surface area contributed by atoms with E-state index in [-0.39, 0.29) is 39.9 Å². The molecule has 10 rings (SSSR count). The summed E-state index contributed by atoms with van der Waals surface area (Å²) < 4.78 is 36.0. The summed E-state index contributed by atoms with van der Waals surface area (Å²) in [4.78, 5) is 56.3. The number of piperidine rings is 1. The minimum Gasteiger partial charge on any atom is -0.455 e. The molecule has 1 atom stereocenters. The molecule has 3 saturated carbocycles. The van der Waals surface area contributed by atoms with Gasteiger partial charge >= 0.3 is 5.69 Å². The second kappa shape index (κ2) is 18.1. The van der Waals surface area contributed by atoms with E-state index in [1.807, 2.05) is 11.0 Å². The summed E-state index contributed by atoms with van der Waals surface area (Å²) in [6, 6.07) is 19.2. The van der Waals surface area contributed by atoms with Gasteiger partial charge in [0.05, 0.1) is 28.9 Å². The third-order valence-corrected chi connectivity index (χ3v) is 16.9. The second-order valence-corrected chi connectivity index (χ2v) is 22.4. The van der Waals surface area contributed by atoms with Crippen LogP contribution in [-0.4, -0.2) is 95.2 Å². The number of carbonyl (C=O) groups is 2. The van der Waals surface area contributed by atoms with Gasteiger partial charge in [-0.3, -0.25) is 24.6 Å². The Morgan fingerprint density at radius 3 is 2.38 bits per heavy atom. The number of amides is 2. The summed E-state index contributed by atoms with van der Waals surface area (Å²) in [6.45, 7) is 10.6. The maximum absolute atomic E-state index is 14.0. The number of sulfonamides is 1. The van der Waals surface area contributed by atoms with Gasteiger partial charge in [0.2, 0.25) is 11.7 Å². The van der Waals surface area contributed by atoms with E-state index in [0.29, 0.717) is 35.8 Å². The fraction of sp³-hybridized carbons (Fsp3) is 0.490. The number of hydrogen-bond donors (Lipinski definition) is 3. The van der Waals surface area contributed by atoms with Crippen LogP contribution < -0.4 is 19.7 Å². The number of carbonyl (C=O) groups excluding carboxylic acids is 2. The van der Waals surface area contributed by atoms with Crippen LogP contribution in [-0.2, 0) is 14.8 Å². The summed E-state index contributed by atoms with van der Waals surface area (Å²) in [7, 11) is -4.62. The van der Waals surface area contributed by atoms with Crippen molar-refractivity contribution in [1.29, 1.82) is 0 Å². The van der Waals surface area contributed by atoms with Crippen molar-refractivity contribution in [1.82, 2.24) is 29.5 Å². The Morgan fingerprint density at radius 1 is 0.912 bits per heavy atom. The first kappa shape index (κ1) is 45.7. The van der Waals surface area contributed by atoms with E-state index in [0.717, 1.165) is 107 Å². The highest BCUT2D eigenvalue weighted by Crippen LogP contribution is 2.54. The molecular formula is C51H61N9O7S. The molecule has 16 nitrogen and oxygen atoms in total. The highest BCUT2D eigenvalue weighted by atomic mass is 32.2. The van der Waals surface area contributed by atoms with Crippen LogP contribution in [0.25, 0.3) is 11.0 Å². The van der Waals surface area contributed by atoms with Crippen molar-refractivity contribution in [2.45, 2.75) is 108 Å². The Kier molecular flexibility index (Phi) is 12.2. The van der Waals surface area contributed by atoms with Crippen LogP contribution in [0.15, 0.2) is 84.1 Å². The minimum absolute atomic E-state index is 0.0201. The van der Waals surface area contributed by atoms with Crippen molar-refractivity contribution < 1.29 is 27.7 Å². The number of aromatic nitrogens is 3. The van der Waals surface area contributed by atoms with Gasteiger partial charge in [-0.2, -0.15) is 0 Å². The SMILES string of the molecule is CC(=O)N1CCN(C2CC3(CCN(c4ccc(C(=O)NS(=O)(=O)c5cnc(NCC6CCC(C)(C)CC6)c([N+](=O)[O-])c5)c(Oc5cnc6[nH]ccc6c5)c4)CC3)C2)[C@H](c2ccccc2C2CC2)C1. The summed E-state index contributed by atoms with van der Waals surface area (Å²) in [5.74, 6) is 0.577. The lowest BCUT2D eigenvalue weighted by molar-refractivity contribution is -0.384. The van der Waals surface area contributed by atoms with Crippen LogP contribution in [0.1, 0.15) is 118 Å². The molecule has 358 valence electrons. The fourth-order valence-electron chi connectivity index (χ4n) is 11.3. The van der Waals surface area contributed by atoms with Crippen molar-refractivity contribution in [2.75, 3.05) is 49.5 Å². The van der Waals surface area contributed by atoms with Gasteiger partial charge in [0.15, 0.2) is 0 Å². The van der Waals surface area contributed by atoms with Gasteiger partial charge in [0, 0.05) is 81.6 Å². The smallest absolute Gasteiger partial charge is 0.312 e. The standard InChI is InChI=1S/C51H61N9O7S/c1-33(61)58-22-23-59(45(32-58)42-7-5-4-6-41(42)35-8-9-35)38-27-51(28-38)17-20-57(21-18-51)37-10-11-43(46(25-37)67-39-24-36-14-19-52-47(36)54-30-39)49(62)56-68(65,66)40-26-44(60(63)64)48(55-31-40)53-29-34-12-15-50(2,3)16-13-34/h4-7,10-11,14,19,24-26,30-31,34-35,38,45H,8-9,12-13,15-18,20-23,27-29,32H2,1-3H3,(H,52,54)(H,53,55)(H,56,62)/t45-/m0/s1. The highest BCUT2D eigenvalue weighted by molar-refractivity contribution is 7.90. The van der Waals surface area contributed by atoms with E-state index in [1.165, 1.54) is 30.2 Å². The number of ether oxygens (including phenoxy) is 1. The monoisotopic (exact) mass is 943 g/mol. The van der Waals surface area contributed by atoms with E-state index in [4.69, 9.17) is 4.74 Å². The number of nitrogens with one attached hydrogen (secondary N) is 3. The largest absolute Gasteiger partial charge is 0.455 e. The van der Waals surface area contributed by atoms with Crippen molar-refractivity contribution in [3.8, 4) is 11.5 Å². The number of rotatable bonds is 13. The number of piperazine rings is 1. The number of aromatic amines is 1. The van der Waals surface area contributed by atoms with Crippen LogP contribution in [0.2, 0.25) is 0 Å². The first-order valence-corrected chi connectivity index (χ1v) is 25.7. The molecule has 3 aliphatic carbocycles. The van der Waals surface area contributed by atoms with Crippen molar-refractivity contribution in [2.24, 2.45) is 16.7 Å². The Bertz CT molecular complexity index is 2840. The molecule has 2 amide bonds. The zero-order valence-corrected chi connectivity index (χ0v) is 39.9. The van der Waals surface area contributed by atoms with E-state index in [1.54, 1.807) is 37.4 Å². The van der Waals surface area contributed by atoms with Gasteiger partial charge in [-0.15, -0.1) is 0 Å². The van der Waals surface area contributed by atoms with Gasteiger partial charge in [-0.25, -0.2) is 23.1 Å². The quantitative estimate of drug-likeness (QED) is 0.0750. The molecule has 0 radical (unpaired) electrons. The van der Waals surface area contributed by atoms with Crippen LogP contribution in [0.3, 0.4) is 0 Å². The number of pyridine rings is 2. The lowest BCUT2D eigenvalue weighted by Gasteiger charge is -2.58. The lowest BCUT2D eigenvalue weighted by atomic mass is 9.59. The number of nitro groups is 1. The molecule has 2 saturated heterocycles. The first-order chi connectivity index (χ1) is 32.6. The molecule has 17 heteroatoms. The van der Waals surface area contributed by atoms with Crippen molar-refractivity contribution in [3.63, 3.8) is 0 Å². The van der Waals surface area contributed by atoms with E-state index < -0.39 is 31.4 Å². The predicted molar refractivity (Wildman–Crippen MR) is 259 cm³/mol. The summed E-state index contributed by atoms with van der Waals surface area (Å²) in [6.07, 6.45) is 15.1. The van der Waals surface area contributed by atoms with Gasteiger partial charge < -0.3 is 24.8 Å². The minimum atomic E-state index is -4.62. The molecule has 5 aliphatic rings. The second-order valence-electron chi connectivity index (χ2n) is 20.8. The molecule has 3 N–H and O–H groups in total. The third-order valence-electron chi connectivity index (χ3n) is 15.6. The number of benzene rings is 2. The Hall–Kier alpha value is -6.07. The topological polar surface area (TPSA) is 196 Å². The molecule has 1 spiro atoms. The molecule has 2 aromatic carbocycles. The Morgan fingerprint density at radius 2 is 1.66 bits per heavy atom. The lowest BCUT2D eigenvalue weighted by Crippen LogP contribution is -2.60. The van der Waals surface area contributed by atoms with Crippen LogP contribution in [0.4, 0.5) is 17.2 Å². The van der Waals surface area contributed by atoms with Crippen LogP contribution in [0.5, 0.6) is 11.5 Å². The summed E-state index contributed by atoms with van der Waals surface area (Å²) in [5.41, 5.74) is 4.27. The number of anilines is 2. The summed E-state index contributed by atoms with van der Waals surface area (Å²) in [5, 5.41) is 16.1. The predicted octanol–water partition coefficient (Wildman–Crippen LogP) is 8.94. The highest BCUT2D eigenvalue weighted by Gasteiger charge is 2.50. The van der Waals surface area contributed by atoms with Gasteiger partial charge in [0.1, 0.15) is 22.0 Å². The Balaban J connectivity index is 0.838. The average molecular weight is 944 g/mol. The zero-order chi connectivity index (χ0) is 47.4. The normalized spacial score (nSPS) is 21.1. The molecule has 5 heterocycles. The maximum Gasteiger partial charge on any atom is 0.312 e. The number of hydrogen-bond acceptors (Lipinski definition) is 12. The van der Waals surface area contributed by atoms with Crippen molar-refractivity contribution >= 4 is 50.1 Å². The van der Waals surface area contributed by atoms with E-state index in [2.05, 4.69) is 72.9 Å². The van der Waals surface area contributed by atoms with Gasteiger partial charge in [-0.1, -0.05) is 38.1 Å². The molecule has 2 aliphatic heterocycles. The Labute approximate surface area is 397 Å². The van der Waals surface area contributed by atoms with Crippen LogP contribution >= 0.6 is 0 Å². The molecule has 3 aromatic heterocycles. The van der Waals surface area contributed by atoms with Gasteiger partial charge in [-0.05, 0) is 122 Å². The van der Waals surface area contributed by atoms with Gasteiger partial charge in [0.25, 0.3) is 15.9 Å². The first-order valence-electron chi connectivity index (χ1n) is 24.2. The number of nitrogens with zero attached hydrogens (tertiary/aromatic N) is 6. The molecule has 5 fully saturated rings. The van der Waals surface area contributed by atoms with Crippen LogP contribution in [0, 0.1) is 26.9 Å². The maximum atomic E-state index is 14.0. The van der Waals surface area contributed by atoms with E-state index in [9.17, 15) is 28.1 Å². The van der Waals surface area contributed by atoms with E-state index >= 15 is 0 Å². The average Bonchev–Trinajstić information content (AvgIpc) is 4.06. The summed E-state index contributed by atoms with van der Waals surface area (Å²) >= 11 is 0. The molecule has 0 bridgehead atoms. The molecular weight excluding hydrogens is 883 g/mol. The molecule has 5 aromatic rings. The zero-order valence-electron chi connectivity index (χ0n) is 39.1. The van der Waals surface area contributed by atoms with Crippen molar-refractivity contribution in [3.05, 3.63) is 106 Å².